The molecule has 6 nitrogen and oxygen atoms in total. The van der Waals surface area contributed by atoms with Crippen LogP contribution < -0.4 is 4.74 Å². The van der Waals surface area contributed by atoms with E-state index < -0.39 is 0 Å². The van der Waals surface area contributed by atoms with Gasteiger partial charge in [0.15, 0.2) is 5.82 Å². The summed E-state index contributed by atoms with van der Waals surface area (Å²) in [5.41, 5.74) is 4.76. The highest BCUT2D eigenvalue weighted by molar-refractivity contribution is 9.11. The van der Waals surface area contributed by atoms with Gasteiger partial charge in [-0.05, 0) is 77.7 Å². The lowest BCUT2D eigenvalue weighted by molar-refractivity contribution is 0.0683. The van der Waals surface area contributed by atoms with Crippen LogP contribution in [0.2, 0.25) is 0 Å². The number of rotatable bonds is 5. The molecule has 8 heteroatoms. The van der Waals surface area contributed by atoms with Gasteiger partial charge in [-0.25, -0.2) is 4.98 Å². The van der Waals surface area contributed by atoms with Crippen LogP contribution in [-0.4, -0.2) is 45.1 Å². The lowest BCUT2D eigenvalue weighted by Gasteiger charge is -2.31. The largest absolute Gasteiger partial charge is 0.494 e. The van der Waals surface area contributed by atoms with Gasteiger partial charge in [-0.1, -0.05) is 6.92 Å². The van der Waals surface area contributed by atoms with Gasteiger partial charge in [0.05, 0.1) is 32.3 Å². The van der Waals surface area contributed by atoms with Crippen molar-refractivity contribution in [2.24, 2.45) is 18.9 Å². The highest BCUT2D eigenvalue weighted by Crippen LogP contribution is 2.41. The number of halogens is 1. The zero-order chi connectivity index (χ0) is 23.6. The smallest absolute Gasteiger partial charge is 0.254 e. The van der Waals surface area contributed by atoms with Crippen LogP contribution in [0.3, 0.4) is 0 Å². The summed E-state index contributed by atoms with van der Waals surface area (Å²) in [7, 11) is 3.71. The van der Waals surface area contributed by atoms with Crippen molar-refractivity contribution in [2.75, 3.05) is 20.2 Å². The van der Waals surface area contributed by atoms with Gasteiger partial charge in [-0.15, -0.1) is 11.3 Å². The van der Waals surface area contributed by atoms with E-state index in [1.54, 1.807) is 18.4 Å². The minimum absolute atomic E-state index is 0.0708. The first-order chi connectivity index (χ1) is 16.4. The van der Waals surface area contributed by atoms with Crippen molar-refractivity contribution in [3.63, 3.8) is 0 Å². The summed E-state index contributed by atoms with van der Waals surface area (Å²) < 4.78 is 12.7. The normalized spacial score (nSPS) is 18.8. The molecule has 0 radical (unpaired) electrons. The molecule has 178 valence electrons. The van der Waals surface area contributed by atoms with Crippen molar-refractivity contribution in [1.82, 2.24) is 19.0 Å². The number of carbonyl (C=O) groups excluding carboxylic acids is 1. The van der Waals surface area contributed by atoms with Crippen LogP contribution >= 0.6 is 27.3 Å². The summed E-state index contributed by atoms with van der Waals surface area (Å²) in [6.45, 7) is 4.86. The summed E-state index contributed by atoms with van der Waals surface area (Å²) in [4.78, 5) is 20.4. The third-order valence-electron chi connectivity index (χ3n) is 7.27. The molecule has 1 amide bonds. The zero-order valence-electron chi connectivity index (χ0n) is 19.8. The van der Waals surface area contributed by atoms with Crippen LogP contribution in [0, 0.1) is 11.8 Å². The Bertz CT molecular complexity index is 1410. The van der Waals surface area contributed by atoms with E-state index >= 15 is 0 Å². The predicted molar refractivity (Wildman–Crippen MR) is 141 cm³/mol. The number of likely N-dealkylation sites (tertiary alicyclic amines) is 1. The molecule has 1 aliphatic carbocycles. The number of nitrogens with zero attached hydrogens (tertiary/aromatic N) is 4. The quantitative estimate of drug-likeness (QED) is 0.298. The third kappa shape index (κ3) is 3.75. The van der Waals surface area contributed by atoms with Crippen molar-refractivity contribution in [3.05, 3.63) is 33.6 Å². The van der Waals surface area contributed by atoms with Crippen molar-refractivity contribution in [1.29, 1.82) is 0 Å². The van der Waals surface area contributed by atoms with Gasteiger partial charge in [0.25, 0.3) is 5.91 Å². The molecule has 1 atom stereocenters. The maximum absolute atomic E-state index is 13.3. The maximum atomic E-state index is 13.3. The van der Waals surface area contributed by atoms with Gasteiger partial charge < -0.3 is 18.8 Å². The SMILES string of the molecule is COc1cc(C(=O)N2CCC[C@@H](C)C2)cc2nc(-c3cc4sc(Br)cc4n3CC3CC3)n(C)c12. The second kappa shape index (κ2) is 8.41. The highest BCUT2D eigenvalue weighted by Gasteiger charge is 2.28. The van der Waals surface area contributed by atoms with E-state index in [9.17, 15) is 4.79 Å². The number of hydrogen-bond donors (Lipinski definition) is 0. The zero-order valence-corrected chi connectivity index (χ0v) is 22.2. The number of hydrogen-bond acceptors (Lipinski definition) is 4. The fourth-order valence-corrected chi connectivity index (χ4v) is 6.89. The number of carbonyl (C=O) groups is 1. The summed E-state index contributed by atoms with van der Waals surface area (Å²) in [5.74, 6) is 2.95. The van der Waals surface area contributed by atoms with Crippen molar-refractivity contribution in [3.8, 4) is 17.3 Å². The number of ether oxygens (including phenoxy) is 1. The topological polar surface area (TPSA) is 52.3 Å². The fourth-order valence-electron chi connectivity index (χ4n) is 5.33. The molecule has 6 rings (SSSR count). The molecule has 1 saturated heterocycles. The number of aromatic nitrogens is 3. The highest BCUT2D eigenvalue weighted by atomic mass is 79.9. The van der Waals surface area contributed by atoms with Gasteiger partial charge >= 0.3 is 0 Å². The third-order valence-corrected chi connectivity index (χ3v) is 8.85. The second-order valence-electron chi connectivity index (χ2n) is 9.92. The molecule has 34 heavy (non-hydrogen) atoms. The van der Waals surface area contributed by atoms with Crippen molar-refractivity contribution >= 4 is 54.4 Å². The van der Waals surface area contributed by atoms with Crippen LogP contribution in [0.5, 0.6) is 5.75 Å². The number of methoxy groups -OCH3 is 1. The van der Waals surface area contributed by atoms with Gasteiger partial charge in [0, 0.05) is 32.2 Å². The number of thiophene rings is 1. The number of piperidine rings is 1. The Morgan fingerprint density at radius 3 is 2.79 bits per heavy atom. The Balaban J connectivity index is 1.46. The number of aryl methyl sites for hydroxylation is 1. The molecule has 2 aliphatic rings. The number of amides is 1. The van der Waals surface area contributed by atoms with Crippen molar-refractivity contribution < 1.29 is 9.53 Å². The fraction of sp³-hybridized carbons (Fsp3) is 0.462. The minimum atomic E-state index is 0.0708. The lowest BCUT2D eigenvalue weighted by atomic mass is 9.99. The van der Waals surface area contributed by atoms with E-state index in [0.29, 0.717) is 17.2 Å². The van der Waals surface area contributed by atoms with Crippen LogP contribution in [0.1, 0.15) is 43.0 Å². The summed E-state index contributed by atoms with van der Waals surface area (Å²) >= 11 is 5.41. The van der Waals surface area contributed by atoms with E-state index in [4.69, 9.17) is 9.72 Å². The maximum Gasteiger partial charge on any atom is 0.254 e. The predicted octanol–water partition coefficient (Wildman–Crippen LogP) is 6.31. The Morgan fingerprint density at radius 2 is 2.06 bits per heavy atom. The molecule has 0 unspecified atom stereocenters. The molecule has 2 fully saturated rings. The first kappa shape index (κ1) is 22.2. The molecule has 0 bridgehead atoms. The summed E-state index contributed by atoms with van der Waals surface area (Å²) in [6.07, 6.45) is 4.83. The average Bonchev–Trinajstić information content (AvgIpc) is 3.38. The second-order valence-corrected chi connectivity index (χ2v) is 12.4. The Morgan fingerprint density at radius 1 is 1.24 bits per heavy atom. The average molecular weight is 542 g/mol. The van der Waals surface area contributed by atoms with Gasteiger partial charge in [-0.3, -0.25) is 4.79 Å². The minimum Gasteiger partial charge on any atom is -0.494 e. The summed E-state index contributed by atoms with van der Waals surface area (Å²) in [5, 5.41) is 0. The first-order valence-corrected chi connectivity index (χ1v) is 13.7. The number of benzene rings is 1. The van der Waals surface area contributed by atoms with E-state index in [0.717, 1.165) is 58.3 Å². The first-order valence-electron chi connectivity index (χ1n) is 12.1. The van der Waals surface area contributed by atoms with Gasteiger partial charge in [0.1, 0.15) is 11.3 Å². The molecule has 1 aliphatic heterocycles. The summed E-state index contributed by atoms with van der Waals surface area (Å²) in [6, 6.07) is 8.29. The Kier molecular flexibility index (Phi) is 5.48. The number of imidazole rings is 1. The van der Waals surface area contributed by atoms with Gasteiger partial charge in [0.2, 0.25) is 0 Å². The Hall–Kier alpha value is -2.32. The van der Waals surface area contributed by atoms with E-state index in [-0.39, 0.29) is 5.91 Å². The molecule has 4 heterocycles. The molecule has 0 spiro atoms. The molecule has 4 aromatic rings. The van der Waals surface area contributed by atoms with E-state index in [1.165, 1.54) is 29.5 Å². The molecule has 3 aromatic heterocycles. The van der Waals surface area contributed by atoms with Crippen LogP contribution in [-0.2, 0) is 13.6 Å². The van der Waals surface area contributed by atoms with Gasteiger partial charge in [-0.2, -0.15) is 0 Å². The van der Waals surface area contributed by atoms with Crippen LogP contribution in [0.4, 0.5) is 0 Å². The number of fused-ring (bicyclic) bond motifs is 2. The van der Waals surface area contributed by atoms with Crippen LogP contribution in [0.15, 0.2) is 28.1 Å². The van der Waals surface area contributed by atoms with Crippen LogP contribution in [0.25, 0.3) is 32.8 Å². The van der Waals surface area contributed by atoms with Crippen molar-refractivity contribution in [2.45, 2.75) is 39.2 Å². The van der Waals surface area contributed by atoms with E-state index in [2.05, 4.69) is 44.1 Å². The monoisotopic (exact) mass is 540 g/mol. The molecular formula is C26H29BrN4O2S. The molecule has 0 N–H and O–H groups in total. The van der Waals surface area contributed by atoms with E-state index in [1.807, 2.05) is 24.1 Å². The lowest BCUT2D eigenvalue weighted by Crippen LogP contribution is -2.39. The molecular weight excluding hydrogens is 512 g/mol. The molecule has 1 aromatic carbocycles. The Labute approximate surface area is 211 Å². The molecule has 1 saturated carbocycles. The standard InChI is InChI=1S/C26H29BrN4O2S/c1-15-5-4-8-30(13-15)26(32)17-9-18-24(21(10-17)33-3)29(2)25(28-18)20-11-22-19(12-23(27)34-22)31(20)14-16-6-7-16/h9-12,15-16H,4-8,13-14H2,1-3H3/t15-/m1/s1.